The Bertz CT molecular complexity index is 811. The van der Waals surface area contributed by atoms with Crippen LogP contribution in [0.25, 0.3) is 0 Å². The Hall–Kier alpha value is -2.00. The fourth-order valence-electron chi connectivity index (χ4n) is 3.78. The fourth-order valence-corrected chi connectivity index (χ4v) is 3.78. The SMILES string of the molecule is CN=C(NCC(C)Oc1cccc(OC)c1)NCC1(c2ccccc2)CCOCC1.I. The summed E-state index contributed by atoms with van der Waals surface area (Å²) in [6.45, 7) is 5.05. The van der Waals surface area contributed by atoms with Crippen LogP contribution in [0.1, 0.15) is 25.3 Å². The molecule has 0 amide bonds. The average molecular weight is 539 g/mol. The molecule has 0 aliphatic carbocycles. The van der Waals surface area contributed by atoms with Crippen molar-refractivity contribution in [2.24, 2.45) is 4.99 Å². The zero-order chi connectivity index (χ0) is 21.2. The van der Waals surface area contributed by atoms with Crippen molar-refractivity contribution in [3.8, 4) is 11.5 Å². The fraction of sp³-hybridized carbons (Fsp3) is 0.458. The molecule has 0 bridgehead atoms. The van der Waals surface area contributed by atoms with Crippen molar-refractivity contribution in [3.63, 3.8) is 0 Å². The molecule has 0 radical (unpaired) electrons. The molecule has 1 heterocycles. The number of methoxy groups -OCH3 is 1. The van der Waals surface area contributed by atoms with Crippen molar-refractivity contribution in [2.45, 2.75) is 31.3 Å². The lowest BCUT2D eigenvalue weighted by Crippen LogP contribution is -2.49. The van der Waals surface area contributed by atoms with Gasteiger partial charge < -0.3 is 24.8 Å². The number of guanidine groups is 1. The molecule has 1 atom stereocenters. The zero-order valence-corrected chi connectivity index (χ0v) is 20.9. The lowest BCUT2D eigenvalue weighted by Gasteiger charge is -2.38. The first kappa shape index (κ1) is 25.3. The van der Waals surface area contributed by atoms with Crippen molar-refractivity contribution in [3.05, 3.63) is 60.2 Å². The van der Waals surface area contributed by atoms with Gasteiger partial charge in [0.05, 0.1) is 13.7 Å². The van der Waals surface area contributed by atoms with Crippen molar-refractivity contribution >= 4 is 29.9 Å². The topological polar surface area (TPSA) is 64.1 Å². The zero-order valence-electron chi connectivity index (χ0n) is 18.6. The Labute approximate surface area is 202 Å². The molecule has 1 aliphatic heterocycles. The van der Waals surface area contributed by atoms with E-state index in [0.717, 1.165) is 50.1 Å². The minimum atomic E-state index is -0.0261. The number of rotatable bonds is 8. The first-order valence-corrected chi connectivity index (χ1v) is 10.5. The number of nitrogens with zero attached hydrogens (tertiary/aromatic N) is 1. The van der Waals surface area contributed by atoms with Gasteiger partial charge in [-0.15, -0.1) is 24.0 Å². The molecular formula is C24H34IN3O3. The predicted octanol–water partition coefficient (Wildman–Crippen LogP) is 3.99. The third-order valence-corrected chi connectivity index (χ3v) is 5.59. The van der Waals surface area contributed by atoms with Crippen molar-refractivity contribution in [1.29, 1.82) is 0 Å². The highest BCUT2D eigenvalue weighted by atomic mass is 127. The molecule has 0 spiro atoms. The summed E-state index contributed by atoms with van der Waals surface area (Å²) in [5.74, 6) is 2.35. The van der Waals surface area contributed by atoms with E-state index < -0.39 is 0 Å². The van der Waals surface area contributed by atoms with Gasteiger partial charge in [-0.2, -0.15) is 0 Å². The Balaban J connectivity index is 0.00000341. The third-order valence-electron chi connectivity index (χ3n) is 5.59. The summed E-state index contributed by atoms with van der Waals surface area (Å²) in [6, 6.07) is 18.4. The summed E-state index contributed by atoms with van der Waals surface area (Å²) in [4.78, 5) is 4.39. The van der Waals surface area contributed by atoms with E-state index in [0.29, 0.717) is 6.54 Å². The summed E-state index contributed by atoms with van der Waals surface area (Å²) < 4.78 is 16.9. The van der Waals surface area contributed by atoms with Crippen LogP contribution in [-0.2, 0) is 10.2 Å². The Morgan fingerprint density at radius 1 is 1.06 bits per heavy atom. The van der Waals surface area contributed by atoms with Crippen molar-refractivity contribution in [1.82, 2.24) is 10.6 Å². The van der Waals surface area contributed by atoms with Gasteiger partial charge in [-0.3, -0.25) is 4.99 Å². The molecule has 170 valence electrons. The first-order chi connectivity index (χ1) is 14.6. The summed E-state index contributed by atoms with van der Waals surface area (Å²) in [5, 5.41) is 6.90. The minimum Gasteiger partial charge on any atom is -0.497 e. The van der Waals surface area contributed by atoms with E-state index in [2.05, 4.69) is 46.0 Å². The van der Waals surface area contributed by atoms with Gasteiger partial charge in [0.25, 0.3) is 0 Å². The van der Waals surface area contributed by atoms with Crippen LogP contribution in [0.4, 0.5) is 0 Å². The second-order valence-electron chi connectivity index (χ2n) is 7.67. The molecule has 0 saturated carbocycles. The molecule has 3 rings (SSSR count). The van der Waals surface area contributed by atoms with Crippen LogP contribution in [0.15, 0.2) is 59.6 Å². The number of nitrogens with one attached hydrogen (secondary N) is 2. The van der Waals surface area contributed by atoms with Gasteiger partial charge in [0, 0.05) is 38.3 Å². The third kappa shape index (κ3) is 7.28. The van der Waals surface area contributed by atoms with E-state index in [1.165, 1.54) is 5.56 Å². The molecule has 2 aromatic carbocycles. The maximum atomic E-state index is 5.99. The number of aliphatic imine (C=N–C) groups is 1. The normalized spacial score (nSPS) is 16.5. The van der Waals surface area contributed by atoms with Gasteiger partial charge in [-0.25, -0.2) is 0 Å². The number of hydrogen-bond donors (Lipinski definition) is 2. The van der Waals surface area contributed by atoms with E-state index in [4.69, 9.17) is 14.2 Å². The van der Waals surface area contributed by atoms with Crippen LogP contribution in [0.5, 0.6) is 11.5 Å². The van der Waals surface area contributed by atoms with Crippen LogP contribution in [-0.4, -0.2) is 52.5 Å². The Kier molecular flexibility index (Phi) is 10.4. The molecule has 7 heteroatoms. The largest absolute Gasteiger partial charge is 0.497 e. The van der Waals surface area contributed by atoms with Gasteiger partial charge in [-0.05, 0) is 37.5 Å². The summed E-state index contributed by atoms with van der Waals surface area (Å²) >= 11 is 0. The highest BCUT2D eigenvalue weighted by Gasteiger charge is 2.34. The van der Waals surface area contributed by atoms with Crippen LogP contribution in [0, 0.1) is 0 Å². The van der Waals surface area contributed by atoms with Gasteiger partial charge >= 0.3 is 0 Å². The van der Waals surface area contributed by atoms with E-state index >= 15 is 0 Å². The second-order valence-corrected chi connectivity index (χ2v) is 7.67. The Morgan fingerprint density at radius 3 is 2.45 bits per heavy atom. The van der Waals surface area contributed by atoms with Crippen LogP contribution in [0.2, 0.25) is 0 Å². The summed E-state index contributed by atoms with van der Waals surface area (Å²) in [6.07, 6.45) is 1.97. The Morgan fingerprint density at radius 2 is 1.77 bits per heavy atom. The van der Waals surface area contributed by atoms with E-state index in [9.17, 15) is 0 Å². The van der Waals surface area contributed by atoms with Gasteiger partial charge in [0.15, 0.2) is 5.96 Å². The molecule has 6 nitrogen and oxygen atoms in total. The molecule has 1 aliphatic rings. The van der Waals surface area contributed by atoms with Crippen molar-refractivity contribution in [2.75, 3.05) is 40.5 Å². The monoisotopic (exact) mass is 539 g/mol. The van der Waals surface area contributed by atoms with Crippen molar-refractivity contribution < 1.29 is 14.2 Å². The van der Waals surface area contributed by atoms with Gasteiger partial charge in [0.1, 0.15) is 17.6 Å². The quantitative estimate of drug-likeness (QED) is 0.302. The second kappa shape index (κ2) is 12.8. The lowest BCUT2D eigenvalue weighted by atomic mass is 9.74. The lowest BCUT2D eigenvalue weighted by molar-refractivity contribution is 0.0513. The van der Waals surface area contributed by atoms with Crippen LogP contribution < -0.4 is 20.1 Å². The summed E-state index contributed by atoms with van der Waals surface area (Å²) in [5.41, 5.74) is 1.41. The molecule has 2 aromatic rings. The van der Waals surface area contributed by atoms with E-state index in [1.54, 1.807) is 14.2 Å². The minimum absolute atomic E-state index is 0. The highest BCUT2D eigenvalue weighted by Crippen LogP contribution is 2.34. The van der Waals surface area contributed by atoms with Crippen LogP contribution in [0.3, 0.4) is 0 Å². The average Bonchev–Trinajstić information content (AvgIpc) is 2.80. The smallest absolute Gasteiger partial charge is 0.191 e. The molecule has 2 N–H and O–H groups in total. The molecule has 1 fully saturated rings. The maximum absolute atomic E-state index is 5.99. The van der Waals surface area contributed by atoms with Gasteiger partial charge in [-0.1, -0.05) is 36.4 Å². The van der Waals surface area contributed by atoms with E-state index in [1.807, 2.05) is 31.2 Å². The standard InChI is InChI=1S/C24H33N3O3.HI/c1-19(30-22-11-7-10-21(16-22)28-3)17-26-23(25-2)27-18-24(12-14-29-15-13-24)20-8-5-4-6-9-20;/h4-11,16,19H,12-15,17-18H2,1-3H3,(H2,25,26,27);1H. The van der Waals surface area contributed by atoms with Crippen LogP contribution >= 0.6 is 24.0 Å². The summed E-state index contributed by atoms with van der Waals surface area (Å²) in [7, 11) is 3.45. The molecule has 1 saturated heterocycles. The van der Waals surface area contributed by atoms with Gasteiger partial charge in [0.2, 0.25) is 0 Å². The maximum Gasteiger partial charge on any atom is 0.191 e. The molecule has 1 unspecified atom stereocenters. The first-order valence-electron chi connectivity index (χ1n) is 10.5. The molecule has 31 heavy (non-hydrogen) atoms. The number of hydrogen-bond acceptors (Lipinski definition) is 4. The highest BCUT2D eigenvalue weighted by molar-refractivity contribution is 14.0. The molecular weight excluding hydrogens is 505 g/mol. The number of benzene rings is 2. The predicted molar refractivity (Wildman–Crippen MR) is 136 cm³/mol. The van der Waals surface area contributed by atoms with E-state index in [-0.39, 0.29) is 35.5 Å². The molecule has 0 aromatic heterocycles. The number of halogens is 1. The number of ether oxygens (including phenoxy) is 3.